The lowest BCUT2D eigenvalue weighted by molar-refractivity contribution is -0.0708. The largest absolute Gasteiger partial charge is 0.357 e. The van der Waals surface area contributed by atoms with Crippen molar-refractivity contribution >= 4 is 17.3 Å². The van der Waals surface area contributed by atoms with Crippen molar-refractivity contribution in [1.82, 2.24) is 10.2 Å². The third-order valence-electron chi connectivity index (χ3n) is 2.76. The Morgan fingerprint density at radius 2 is 2.15 bits per heavy atom. The molecule has 13 heavy (non-hydrogen) atoms. The molecule has 3 nitrogen and oxygen atoms in total. The summed E-state index contributed by atoms with van der Waals surface area (Å²) in [4.78, 5) is 2.15. The predicted octanol–water partition coefficient (Wildman–Crippen LogP) is 1.09. The number of hydrogen-bond acceptors (Lipinski definition) is 2. The number of fused-ring (bicyclic) bond motifs is 1. The molecule has 2 heterocycles. The summed E-state index contributed by atoms with van der Waals surface area (Å²) in [5.74, 6) is 0. The van der Waals surface area contributed by atoms with Gasteiger partial charge in [-0.3, -0.25) is 0 Å². The van der Waals surface area contributed by atoms with Crippen molar-refractivity contribution in [1.29, 1.82) is 0 Å². The minimum Gasteiger partial charge on any atom is -0.357 e. The molecular formula is C9H16N2OS. The van der Waals surface area contributed by atoms with Gasteiger partial charge in [0.1, 0.15) is 5.72 Å². The molecule has 74 valence electrons. The van der Waals surface area contributed by atoms with E-state index in [1.807, 2.05) is 0 Å². The molecule has 0 unspecified atom stereocenters. The van der Waals surface area contributed by atoms with E-state index in [0.29, 0.717) is 0 Å². The second-order valence-electron chi connectivity index (χ2n) is 4.67. The van der Waals surface area contributed by atoms with Gasteiger partial charge in [0, 0.05) is 18.5 Å². The van der Waals surface area contributed by atoms with Crippen molar-refractivity contribution in [3.8, 4) is 0 Å². The molecule has 2 saturated heterocycles. The highest BCUT2D eigenvalue weighted by Crippen LogP contribution is 2.35. The molecule has 0 saturated carbocycles. The Hall–Kier alpha value is -0.350. The van der Waals surface area contributed by atoms with Crippen LogP contribution in [0.4, 0.5) is 0 Å². The van der Waals surface area contributed by atoms with Gasteiger partial charge in [0.2, 0.25) is 0 Å². The van der Waals surface area contributed by atoms with Crippen LogP contribution in [-0.2, 0) is 4.74 Å². The van der Waals surface area contributed by atoms with Gasteiger partial charge in [-0.1, -0.05) is 0 Å². The maximum absolute atomic E-state index is 5.75. The van der Waals surface area contributed by atoms with Crippen LogP contribution in [0.25, 0.3) is 0 Å². The van der Waals surface area contributed by atoms with Gasteiger partial charge in [-0.25, -0.2) is 0 Å². The summed E-state index contributed by atoms with van der Waals surface area (Å²) in [5, 5.41) is 4.16. The lowest BCUT2D eigenvalue weighted by Gasteiger charge is -2.47. The van der Waals surface area contributed by atoms with Crippen LogP contribution < -0.4 is 5.32 Å². The first kappa shape index (κ1) is 9.21. The molecule has 0 aromatic rings. The third-order valence-corrected chi connectivity index (χ3v) is 3.08. The van der Waals surface area contributed by atoms with Crippen molar-refractivity contribution in [2.75, 3.05) is 13.2 Å². The molecule has 0 bridgehead atoms. The Morgan fingerprint density at radius 3 is 2.85 bits per heavy atom. The Bertz CT molecular complexity index is 254. The van der Waals surface area contributed by atoms with Crippen molar-refractivity contribution in [3.63, 3.8) is 0 Å². The molecule has 0 aromatic carbocycles. The van der Waals surface area contributed by atoms with Crippen LogP contribution in [0.3, 0.4) is 0 Å². The topological polar surface area (TPSA) is 24.5 Å². The van der Waals surface area contributed by atoms with E-state index in [9.17, 15) is 0 Å². The fraction of sp³-hybridized carbons (Fsp3) is 0.889. The lowest BCUT2D eigenvalue weighted by atomic mass is 9.91. The van der Waals surface area contributed by atoms with Crippen LogP contribution in [0.15, 0.2) is 0 Å². The van der Waals surface area contributed by atoms with Crippen LogP contribution in [0.2, 0.25) is 0 Å². The summed E-state index contributed by atoms with van der Waals surface area (Å²) < 4.78 is 5.75. The molecule has 1 N–H and O–H groups in total. The van der Waals surface area contributed by atoms with Crippen LogP contribution in [0, 0.1) is 0 Å². The van der Waals surface area contributed by atoms with Gasteiger partial charge in [0.15, 0.2) is 5.11 Å². The highest BCUT2D eigenvalue weighted by molar-refractivity contribution is 7.80. The second kappa shape index (κ2) is 2.58. The summed E-state index contributed by atoms with van der Waals surface area (Å²) in [7, 11) is 0. The van der Waals surface area contributed by atoms with Crippen molar-refractivity contribution in [2.24, 2.45) is 0 Å². The highest BCUT2D eigenvalue weighted by atomic mass is 32.1. The zero-order valence-electron chi connectivity index (χ0n) is 8.39. The van der Waals surface area contributed by atoms with Crippen molar-refractivity contribution in [3.05, 3.63) is 0 Å². The van der Waals surface area contributed by atoms with Gasteiger partial charge in [-0.15, -0.1) is 0 Å². The number of ether oxygens (including phenoxy) is 1. The van der Waals surface area contributed by atoms with Crippen LogP contribution in [-0.4, -0.2) is 34.4 Å². The molecule has 2 fully saturated rings. The first-order valence-corrected chi connectivity index (χ1v) is 5.08. The molecule has 0 radical (unpaired) electrons. The van der Waals surface area contributed by atoms with E-state index in [1.165, 1.54) is 0 Å². The quantitative estimate of drug-likeness (QED) is 0.592. The van der Waals surface area contributed by atoms with E-state index in [1.54, 1.807) is 0 Å². The lowest BCUT2D eigenvalue weighted by Crippen LogP contribution is -2.64. The zero-order valence-corrected chi connectivity index (χ0v) is 9.20. The summed E-state index contributed by atoms with van der Waals surface area (Å²) in [6.07, 6.45) is 0.972. The Labute approximate surface area is 84.4 Å². The normalized spacial score (nSPS) is 37.2. The van der Waals surface area contributed by atoms with Crippen molar-refractivity contribution < 1.29 is 4.74 Å². The van der Waals surface area contributed by atoms with Crippen LogP contribution in [0.1, 0.15) is 27.2 Å². The van der Waals surface area contributed by atoms with E-state index < -0.39 is 0 Å². The predicted molar refractivity (Wildman–Crippen MR) is 55.5 cm³/mol. The molecule has 2 aliphatic rings. The average Bonchev–Trinajstić information content (AvgIpc) is 2.26. The SMILES string of the molecule is CC1(C)C[C@]2(C)OCCN2C(=S)N1. The Kier molecular flexibility index (Phi) is 1.83. The Morgan fingerprint density at radius 1 is 1.46 bits per heavy atom. The molecule has 0 spiro atoms. The molecule has 2 aliphatic heterocycles. The minimum atomic E-state index is -0.175. The maximum atomic E-state index is 5.75. The number of nitrogens with zero attached hydrogens (tertiary/aromatic N) is 1. The fourth-order valence-electron chi connectivity index (χ4n) is 2.36. The average molecular weight is 200 g/mol. The van der Waals surface area contributed by atoms with E-state index in [0.717, 1.165) is 24.7 Å². The monoisotopic (exact) mass is 200 g/mol. The summed E-state index contributed by atoms with van der Waals surface area (Å²) in [6, 6.07) is 0. The van der Waals surface area contributed by atoms with Gasteiger partial charge in [-0.05, 0) is 33.0 Å². The van der Waals surface area contributed by atoms with Crippen LogP contribution >= 0.6 is 12.2 Å². The molecule has 2 rings (SSSR count). The highest BCUT2D eigenvalue weighted by Gasteiger charge is 2.47. The van der Waals surface area contributed by atoms with Gasteiger partial charge < -0.3 is 15.0 Å². The molecular weight excluding hydrogens is 184 g/mol. The summed E-state index contributed by atoms with van der Waals surface area (Å²) >= 11 is 5.30. The fourth-order valence-corrected chi connectivity index (χ4v) is 2.92. The molecule has 1 atom stereocenters. The third kappa shape index (κ3) is 1.42. The number of rotatable bonds is 0. The second-order valence-corrected chi connectivity index (χ2v) is 5.05. The van der Waals surface area contributed by atoms with E-state index in [2.05, 4.69) is 31.0 Å². The molecule has 4 heteroatoms. The minimum absolute atomic E-state index is 0.0483. The van der Waals surface area contributed by atoms with E-state index in [4.69, 9.17) is 17.0 Å². The van der Waals surface area contributed by atoms with Gasteiger partial charge in [0.25, 0.3) is 0 Å². The van der Waals surface area contributed by atoms with Gasteiger partial charge in [0.05, 0.1) is 6.61 Å². The van der Waals surface area contributed by atoms with Crippen molar-refractivity contribution in [2.45, 2.75) is 38.5 Å². The molecule has 0 amide bonds. The molecule has 0 aliphatic carbocycles. The van der Waals surface area contributed by atoms with Gasteiger partial charge >= 0.3 is 0 Å². The van der Waals surface area contributed by atoms with E-state index >= 15 is 0 Å². The zero-order chi connectivity index (χ0) is 9.69. The number of hydrogen-bond donors (Lipinski definition) is 1. The summed E-state index contributed by atoms with van der Waals surface area (Å²) in [5.41, 5.74) is -0.126. The number of thiocarbonyl (C=S) groups is 1. The number of nitrogens with one attached hydrogen (secondary N) is 1. The first-order valence-electron chi connectivity index (χ1n) is 4.67. The Balaban J connectivity index is 2.27. The summed E-state index contributed by atoms with van der Waals surface area (Å²) in [6.45, 7) is 8.13. The van der Waals surface area contributed by atoms with Crippen LogP contribution in [0.5, 0.6) is 0 Å². The standard InChI is InChI=1S/C9H16N2OS/c1-8(2)6-9(3)11(4-5-12-9)7(13)10-8/h4-6H2,1-3H3,(H,10,13)/t9-/m0/s1. The first-order chi connectivity index (χ1) is 5.93. The van der Waals surface area contributed by atoms with Gasteiger partial charge in [-0.2, -0.15) is 0 Å². The smallest absolute Gasteiger partial charge is 0.171 e. The molecule has 0 aromatic heterocycles. The van der Waals surface area contributed by atoms with E-state index in [-0.39, 0.29) is 11.3 Å². The maximum Gasteiger partial charge on any atom is 0.171 e.